The van der Waals surface area contributed by atoms with E-state index >= 15 is 0 Å². The van der Waals surface area contributed by atoms with Crippen molar-refractivity contribution in [2.75, 3.05) is 0 Å². The summed E-state index contributed by atoms with van der Waals surface area (Å²) in [5.41, 5.74) is 2.21. The second-order valence-corrected chi connectivity index (χ2v) is 8.00. The van der Waals surface area contributed by atoms with Crippen LogP contribution in [0.1, 0.15) is 29.0 Å². The average molecular weight is 443 g/mol. The first-order valence-corrected chi connectivity index (χ1v) is 10.6. The van der Waals surface area contributed by atoms with Crippen LogP contribution < -0.4 is 10.9 Å². The standard InChI is InChI=1S/C26H19ClN2O3/c1-16(28-25(30)20-15-32-23-13-6-5-11-19(20)23)22-14-17-8-7-12-21(27)24(17)26(31)29(22)18-9-3-2-4-10-18/h2-16H,1H3,(H,28,30)/t16-/m0/s1. The van der Waals surface area contributed by atoms with E-state index in [1.165, 1.54) is 6.26 Å². The van der Waals surface area contributed by atoms with E-state index in [0.717, 1.165) is 10.8 Å². The number of benzene rings is 3. The summed E-state index contributed by atoms with van der Waals surface area (Å²) in [6.45, 7) is 1.85. The van der Waals surface area contributed by atoms with Crippen molar-refractivity contribution in [3.05, 3.63) is 112 Å². The molecule has 0 unspecified atom stereocenters. The molecule has 32 heavy (non-hydrogen) atoms. The van der Waals surface area contributed by atoms with E-state index < -0.39 is 6.04 Å². The Morgan fingerprint density at radius 1 is 1.00 bits per heavy atom. The highest BCUT2D eigenvalue weighted by atomic mass is 35.5. The van der Waals surface area contributed by atoms with Crippen molar-refractivity contribution in [2.24, 2.45) is 0 Å². The van der Waals surface area contributed by atoms with Gasteiger partial charge in [-0.15, -0.1) is 0 Å². The Labute approximate surface area is 188 Å². The van der Waals surface area contributed by atoms with Gasteiger partial charge in [-0.2, -0.15) is 0 Å². The molecule has 0 saturated carbocycles. The lowest BCUT2D eigenvalue weighted by molar-refractivity contribution is 0.0939. The third-order valence-corrected chi connectivity index (χ3v) is 5.87. The molecular weight excluding hydrogens is 424 g/mol. The maximum Gasteiger partial charge on any atom is 0.264 e. The number of hydrogen-bond donors (Lipinski definition) is 1. The summed E-state index contributed by atoms with van der Waals surface area (Å²) < 4.78 is 7.11. The highest BCUT2D eigenvalue weighted by molar-refractivity contribution is 6.35. The predicted octanol–water partition coefficient (Wildman–Crippen LogP) is 5.88. The fourth-order valence-corrected chi connectivity index (χ4v) is 4.27. The number of amides is 1. The summed E-state index contributed by atoms with van der Waals surface area (Å²) in [7, 11) is 0. The maximum atomic E-state index is 13.5. The molecule has 1 amide bonds. The van der Waals surface area contributed by atoms with E-state index in [2.05, 4.69) is 5.32 Å². The summed E-state index contributed by atoms with van der Waals surface area (Å²) in [5.74, 6) is -0.277. The Morgan fingerprint density at radius 2 is 1.75 bits per heavy atom. The molecule has 2 aromatic heterocycles. The maximum absolute atomic E-state index is 13.5. The number of para-hydroxylation sites is 2. The normalized spacial score (nSPS) is 12.2. The second-order valence-electron chi connectivity index (χ2n) is 7.59. The molecule has 5 nitrogen and oxygen atoms in total. The van der Waals surface area contributed by atoms with Gasteiger partial charge in [-0.3, -0.25) is 14.2 Å². The smallest absolute Gasteiger partial charge is 0.264 e. The summed E-state index contributed by atoms with van der Waals surface area (Å²) in [6, 6.07) is 23.5. The van der Waals surface area contributed by atoms with Gasteiger partial charge < -0.3 is 9.73 Å². The highest BCUT2D eigenvalue weighted by Crippen LogP contribution is 2.26. The molecule has 3 aromatic carbocycles. The Bertz CT molecular complexity index is 1520. The van der Waals surface area contributed by atoms with Gasteiger partial charge in [0.05, 0.1) is 22.0 Å². The number of halogens is 1. The molecule has 1 atom stereocenters. The number of furan rings is 1. The van der Waals surface area contributed by atoms with E-state index in [1.54, 1.807) is 10.6 Å². The van der Waals surface area contributed by atoms with Crippen molar-refractivity contribution >= 4 is 39.2 Å². The number of fused-ring (bicyclic) bond motifs is 2. The van der Waals surface area contributed by atoms with Crippen LogP contribution in [0.3, 0.4) is 0 Å². The number of rotatable bonds is 4. The van der Waals surface area contributed by atoms with Crippen molar-refractivity contribution in [3.63, 3.8) is 0 Å². The van der Waals surface area contributed by atoms with Crippen LogP contribution in [0.4, 0.5) is 0 Å². The van der Waals surface area contributed by atoms with E-state index in [0.29, 0.717) is 32.9 Å². The van der Waals surface area contributed by atoms with Crippen LogP contribution in [0.15, 0.2) is 94.3 Å². The number of carbonyl (C=O) groups excluding carboxylic acids is 1. The van der Waals surface area contributed by atoms with Gasteiger partial charge in [0, 0.05) is 16.8 Å². The Kier molecular flexibility index (Phi) is 5.04. The number of carbonyl (C=O) groups is 1. The topological polar surface area (TPSA) is 64.2 Å². The van der Waals surface area contributed by atoms with E-state index in [4.69, 9.17) is 16.0 Å². The largest absolute Gasteiger partial charge is 0.463 e. The van der Waals surface area contributed by atoms with Gasteiger partial charge >= 0.3 is 0 Å². The first-order valence-electron chi connectivity index (χ1n) is 10.2. The number of hydrogen-bond acceptors (Lipinski definition) is 3. The third kappa shape index (κ3) is 3.37. The third-order valence-electron chi connectivity index (χ3n) is 5.56. The zero-order chi connectivity index (χ0) is 22.2. The molecule has 0 aliphatic heterocycles. The van der Waals surface area contributed by atoms with Gasteiger partial charge in [-0.05, 0) is 42.6 Å². The van der Waals surface area contributed by atoms with Crippen LogP contribution in [0.2, 0.25) is 5.02 Å². The fraction of sp³-hybridized carbons (Fsp3) is 0.0769. The molecule has 0 fully saturated rings. The van der Waals surface area contributed by atoms with Crippen molar-refractivity contribution in [1.29, 1.82) is 0 Å². The van der Waals surface area contributed by atoms with Crippen LogP contribution in [0.5, 0.6) is 0 Å². The van der Waals surface area contributed by atoms with Gasteiger partial charge in [-0.25, -0.2) is 0 Å². The molecule has 6 heteroatoms. The number of aromatic nitrogens is 1. The quantitative estimate of drug-likeness (QED) is 0.378. The Hall–Kier alpha value is -3.83. The molecule has 5 aromatic rings. The molecule has 1 N–H and O–H groups in total. The fourth-order valence-electron chi connectivity index (χ4n) is 4.00. The number of nitrogens with zero attached hydrogens (tertiary/aromatic N) is 1. The lowest BCUT2D eigenvalue weighted by Crippen LogP contribution is -2.32. The van der Waals surface area contributed by atoms with E-state index in [1.807, 2.05) is 79.7 Å². The van der Waals surface area contributed by atoms with Crippen molar-refractivity contribution in [3.8, 4) is 5.69 Å². The summed E-state index contributed by atoms with van der Waals surface area (Å²) in [6.07, 6.45) is 1.46. The summed E-state index contributed by atoms with van der Waals surface area (Å²) in [4.78, 5) is 26.6. The van der Waals surface area contributed by atoms with Crippen LogP contribution in [0, 0.1) is 0 Å². The van der Waals surface area contributed by atoms with E-state index in [9.17, 15) is 9.59 Å². The molecule has 0 aliphatic rings. The van der Waals surface area contributed by atoms with Crippen LogP contribution in [-0.2, 0) is 0 Å². The number of nitrogens with one attached hydrogen (secondary N) is 1. The predicted molar refractivity (Wildman–Crippen MR) is 127 cm³/mol. The Morgan fingerprint density at radius 3 is 2.56 bits per heavy atom. The average Bonchev–Trinajstić information content (AvgIpc) is 3.24. The second kappa shape index (κ2) is 8.02. The van der Waals surface area contributed by atoms with Crippen LogP contribution in [-0.4, -0.2) is 10.5 Å². The molecule has 2 heterocycles. The van der Waals surface area contributed by atoms with Gasteiger partial charge in [-0.1, -0.05) is 60.1 Å². The lowest BCUT2D eigenvalue weighted by atomic mass is 10.1. The molecule has 0 aliphatic carbocycles. The highest BCUT2D eigenvalue weighted by Gasteiger charge is 2.21. The minimum absolute atomic E-state index is 0.232. The molecule has 0 bridgehead atoms. The first kappa shape index (κ1) is 20.1. The minimum atomic E-state index is -0.465. The van der Waals surface area contributed by atoms with Crippen molar-refractivity contribution < 1.29 is 9.21 Å². The van der Waals surface area contributed by atoms with Crippen molar-refractivity contribution in [2.45, 2.75) is 13.0 Å². The molecule has 5 rings (SSSR count). The van der Waals surface area contributed by atoms with Crippen LogP contribution >= 0.6 is 11.6 Å². The Balaban J connectivity index is 1.62. The minimum Gasteiger partial charge on any atom is -0.463 e. The lowest BCUT2D eigenvalue weighted by Gasteiger charge is -2.21. The van der Waals surface area contributed by atoms with Crippen LogP contribution in [0.25, 0.3) is 27.4 Å². The van der Waals surface area contributed by atoms with Gasteiger partial charge in [0.15, 0.2) is 0 Å². The van der Waals surface area contributed by atoms with E-state index in [-0.39, 0.29) is 11.5 Å². The number of pyridine rings is 1. The summed E-state index contributed by atoms with van der Waals surface area (Å²) in [5, 5.41) is 5.32. The van der Waals surface area contributed by atoms with Gasteiger partial charge in [0.25, 0.3) is 11.5 Å². The SMILES string of the molecule is C[C@H](NC(=O)c1coc2ccccc12)c1cc2cccc(Cl)c2c(=O)n1-c1ccccc1. The van der Waals surface area contributed by atoms with Gasteiger partial charge in [0.2, 0.25) is 0 Å². The monoisotopic (exact) mass is 442 g/mol. The zero-order valence-corrected chi connectivity index (χ0v) is 18.0. The van der Waals surface area contributed by atoms with Gasteiger partial charge in [0.1, 0.15) is 11.8 Å². The molecule has 158 valence electrons. The zero-order valence-electron chi connectivity index (χ0n) is 17.2. The molecule has 0 spiro atoms. The molecule has 0 saturated heterocycles. The first-order chi connectivity index (χ1) is 15.5. The molecular formula is C26H19ClN2O3. The van der Waals surface area contributed by atoms with Crippen molar-refractivity contribution in [1.82, 2.24) is 9.88 Å². The summed E-state index contributed by atoms with van der Waals surface area (Å²) >= 11 is 6.37. The molecule has 0 radical (unpaired) electrons.